The van der Waals surface area contributed by atoms with Gasteiger partial charge in [0, 0.05) is 23.9 Å². The highest BCUT2D eigenvalue weighted by Gasteiger charge is 2.31. The minimum Gasteiger partial charge on any atom is -0.350 e. The van der Waals surface area contributed by atoms with Gasteiger partial charge in [0.05, 0.1) is 11.3 Å². The molecule has 0 spiro atoms. The quantitative estimate of drug-likeness (QED) is 0.588. The van der Waals surface area contributed by atoms with Crippen molar-refractivity contribution in [3.8, 4) is 11.3 Å². The molecule has 4 nitrogen and oxygen atoms in total. The highest BCUT2D eigenvalue weighted by Crippen LogP contribution is 2.36. The summed E-state index contributed by atoms with van der Waals surface area (Å²) < 4.78 is 39.7. The number of amides is 1. The summed E-state index contributed by atoms with van der Waals surface area (Å²) in [7, 11) is 0. The molecule has 0 aliphatic rings. The summed E-state index contributed by atoms with van der Waals surface area (Å²) in [6, 6.07) is 12.5. The molecule has 2 aromatic carbocycles. The van der Waals surface area contributed by atoms with E-state index in [0.717, 1.165) is 30.8 Å². The van der Waals surface area contributed by atoms with Gasteiger partial charge in [-0.15, -0.1) is 0 Å². The van der Waals surface area contributed by atoms with Gasteiger partial charge in [-0.05, 0) is 30.8 Å². The lowest BCUT2D eigenvalue weighted by molar-refractivity contribution is -0.137. The third-order valence-electron chi connectivity index (χ3n) is 5.03. The summed E-state index contributed by atoms with van der Waals surface area (Å²) in [6.07, 6.45) is -4.45. The SMILES string of the molecule is CCN(CC)CCNC(=O)c1[nH]c(-c2ccccc2)c2cc(C(F)(F)F)ccc12. The van der Waals surface area contributed by atoms with Gasteiger partial charge >= 0.3 is 6.18 Å². The van der Waals surface area contributed by atoms with Crippen molar-refractivity contribution in [3.63, 3.8) is 0 Å². The number of hydrogen-bond donors (Lipinski definition) is 2. The second-order valence-corrected chi connectivity index (χ2v) is 6.78. The Morgan fingerprint density at radius 3 is 2.34 bits per heavy atom. The Labute approximate surface area is 167 Å². The number of rotatable bonds is 7. The highest BCUT2D eigenvalue weighted by atomic mass is 19.4. The number of carbonyl (C=O) groups excluding carboxylic acids is 1. The van der Waals surface area contributed by atoms with Crippen LogP contribution in [0.15, 0.2) is 48.5 Å². The Hall–Kier alpha value is -2.80. The van der Waals surface area contributed by atoms with Gasteiger partial charge in [0.2, 0.25) is 0 Å². The van der Waals surface area contributed by atoms with E-state index in [1.54, 1.807) is 24.3 Å². The predicted octanol–water partition coefficient (Wildman–Crippen LogP) is 4.93. The van der Waals surface area contributed by atoms with Crippen LogP contribution in [0.5, 0.6) is 0 Å². The van der Waals surface area contributed by atoms with E-state index >= 15 is 0 Å². The van der Waals surface area contributed by atoms with Crippen LogP contribution < -0.4 is 5.32 Å². The topological polar surface area (TPSA) is 48.1 Å². The lowest BCUT2D eigenvalue weighted by Gasteiger charge is -2.17. The molecule has 0 unspecified atom stereocenters. The zero-order valence-electron chi connectivity index (χ0n) is 16.4. The van der Waals surface area contributed by atoms with Crippen molar-refractivity contribution in [1.82, 2.24) is 15.2 Å². The standard InChI is InChI=1S/C22H24F3N3O/c1-3-28(4-2)13-12-26-21(29)20-17-11-10-16(22(23,24)25)14-18(17)19(27-20)15-8-6-5-7-9-15/h5-11,14,27H,3-4,12-13H2,1-2H3,(H,26,29). The molecule has 2 N–H and O–H groups in total. The molecule has 0 bridgehead atoms. The lowest BCUT2D eigenvalue weighted by atomic mass is 10.0. The number of hydrogen-bond acceptors (Lipinski definition) is 2. The molecule has 1 heterocycles. The minimum absolute atomic E-state index is 0.270. The molecule has 1 aromatic heterocycles. The molecule has 7 heteroatoms. The van der Waals surface area contributed by atoms with E-state index in [1.165, 1.54) is 6.07 Å². The molecular weight excluding hydrogens is 379 g/mol. The van der Waals surface area contributed by atoms with Crippen molar-refractivity contribution in [3.05, 3.63) is 59.8 Å². The zero-order valence-corrected chi connectivity index (χ0v) is 16.4. The van der Waals surface area contributed by atoms with Gasteiger partial charge in [0.15, 0.2) is 0 Å². The smallest absolute Gasteiger partial charge is 0.350 e. The van der Waals surface area contributed by atoms with Crippen LogP contribution in [0, 0.1) is 0 Å². The number of halogens is 3. The van der Waals surface area contributed by atoms with Gasteiger partial charge in [-0.3, -0.25) is 4.79 Å². The fourth-order valence-corrected chi connectivity index (χ4v) is 3.37. The van der Waals surface area contributed by atoms with Crippen LogP contribution in [0.25, 0.3) is 22.0 Å². The molecule has 0 saturated heterocycles. The van der Waals surface area contributed by atoms with Crippen molar-refractivity contribution in [2.75, 3.05) is 26.2 Å². The Kier molecular flexibility index (Phi) is 6.27. The average molecular weight is 403 g/mol. The third-order valence-corrected chi connectivity index (χ3v) is 5.03. The molecule has 0 aliphatic carbocycles. The van der Waals surface area contributed by atoms with Crippen LogP contribution in [0.2, 0.25) is 0 Å². The Morgan fingerprint density at radius 1 is 1.03 bits per heavy atom. The lowest BCUT2D eigenvalue weighted by Crippen LogP contribution is -2.35. The van der Waals surface area contributed by atoms with Crippen LogP contribution in [-0.2, 0) is 6.18 Å². The summed E-state index contributed by atoms with van der Waals surface area (Å²) in [5.74, 6) is -0.330. The number of carbonyl (C=O) groups is 1. The highest BCUT2D eigenvalue weighted by molar-refractivity contribution is 6.10. The Morgan fingerprint density at radius 2 is 1.72 bits per heavy atom. The number of likely N-dealkylation sites (N-methyl/N-ethyl adjacent to an activating group) is 1. The molecule has 3 rings (SSSR count). The molecule has 1 amide bonds. The van der Waals surface area contributed by atoms with Gasteiger partial charge in [0.1, 0.15) is 5.69 Å². The number of nitrogens with zero attached hydrogens (tertiary/aromatic N) is 1. The molecule has 29 heavy (non-hydrogen) atoms. The van der Waals surface area contributed by atoms with Crippen LogP contribution in [0.4, 0.5) is 13.2 Å². The summed E-state index contributed by atoms with van der Waals surface area (Å²) in [6.45, 7) is 7.04. The number of fused-ring (bicyclic) bond motifs is 1. The summed E-state index contributed by atoms with van der Waals surface area (Å²) in [4.78, 5) is 18.0. The fourth-order valence-electron chi connectivity index (χ4n) is 3.37. The number of alkyl halides is 3. The average Bonchev–Trinajstić information content (AvgIpc) is 3.10. The molecule has 3 aromatic rings. The largest absolute Gasteiger partial charge is 0.416 e. The number of aromatic nitrogens is 1. The number of nitrogens with one attached hydrogen (secondary N) is 2. The first-order chi connectivity index (χ1) is 13.8. The van der Waals surface area contributed by atoms with E-state index < -0.39 is 11.7 Å². The van der Waals surface area contributed by atoms with Gasteiger partial charge in [-0.2, -0.15) is 13.2 Å². The van der Waals surface area contributed by atoms with E-state index in [1.807, 2.05) is 19.9 Å². The second-order valence-electron chi connectivity index (χ2n) is 6.78. The predicted molar refractivity (Wildman–Crippen MR) is 109 cm³/mol. The molecule has 154 valence electrons. The number of aromatic amines is 1. The maximum absolute atomic E-state index is 13.2. The molecular formula is C22H24F3N3O. The molecule has 0 radical (unpaired) electrons. The van der Waals surface area contributed by atoms with Gasteiger partial charge in [-0.1, -0.05) is 50.2 Å². The summed E-state index contributed by atoms with van der Waals surface area (Å²) in [5, 5.41) is 3.71. The van der Waals surface area contributed by atoms with E-state index in [4.69, 9.17) is 0 Å². The van der Waals surface area contributed by atoms with E-state index in [-0.39, 0.29) is 11.6 Å². The van der Waals surface area contributed by atoms with E-state index in [0.29, 0.717) is 29.6 Å². The molecule has 0 saturated carbocycles. The number of H-pyrrole nitrogens is 1. The fraction of sp³-hybridized carbons (Fsp3) is 0.318. The first kappa shape index (κ1) is 20.9. The summed E-state index contributed by atoms with van der Waals surface area (Å²) >= 11 is 0. The van der Waals surface area contributed by atoms with Gasteiger partial charge < -0.3 is 15.2 Å². The van der Waals surface area contributed by atoms with Crippen molar-refractivity contribution in [1.29, 1.82) is 0 Å². The first-order valence-electron chi connectivity index (χ1n) is 9.64. The maximum atomic E-state index is 13.2. The summed E-state index contributed by atoms with van der Waals surface area (Å²) in [5.41, 5.74) is 0.751. The van der Waals surface area contributed by atoms with Crippen molar-refractivity contribution >= 4 is 16.7 Å². The van der Waals surface area contributed by atoms with Gasteiger partial charge in [-0.25, -0.2) is 0 Å². The Balaban J connectivity index is 1.98. The molecule has 0 fully saturated rings. The van der Waals surface area contributed by atoms with Crippen LogP contribution in [-0.4, -0.2) is 42.0 Å². The zero-order chi connectivity index (χ0) is 21.0. The normalized spacial score (nSPS) is 11.9. The molecule has 0 aliphatic heterocycles. The monoisotopic (exact) mass is 403 g/mol. The third kappa shape index (κ3) is 4.62. The minimum atomic E-state index is -4.45. The van der Waals surface area contributed by atoms with Gasteiger partial charge in [0.25, 0.3) is 5.91 Å². The maximum Gasteiger partial charge on any atom is 0.416 e. The second kappa shape index (κ2) is 8.69. The van der Waals surface area contributed by atoms with Crippen molar-refractivity contribution in [2.45, 2.75) is 20.0 Å². The van der Waals surface area contributed by atoms with Crippen molar-refractivity contribution in [2.24, 2.45) is 0 Å². The van der Waals surface area contributed by atoms with E-state index in [9.17, 15) is 18.0 Å². The first-order valence-corrected chi connectivity index (χ1v) is 9.64. The van der Waals surface area contributed by atoms with Crippen LogP contribution in [0.1, 0.15) is 29.9 Å². The van der Waals surface area contributed by atoms with E-state index in [2.05, 4.69) is 15.2 Å². The van der Waals surface area contributed by atoms with Crippen LogP contribution >= 0.6 is 0 Å². The number of benzene rings is 2. The molecule has 0 atom stereocenters. The van der Waals surface area contributed by atoms with Crippen molar-refractivity contribution < 1.29 is 18.0 Å². The Bertz CT molecular complexity index is 976. The van der Waals surface area contributed by atoms with Crippen LogP contribution in [0.3, 0.4) is 0 Å².